The zero-order chi connectivity index (χ0) is 24.6. The van der Waals surface area contributed by atoms with Gasteiger partial charge in [0.15, 0.2) is 5.69 Å². The van der Waals surface area contributed by atoms with Crippen molar-refractivity contribution in [3.05, 3.63) is 124 Å². The lowest BCUT2D eigenvalue weighted by atomic mass is 9.88. The van der Waals surface area contributed by atoms with Crippen molar-refractivity contribution < 1.29 is 13.9 Å². The fourth-order valence-electron chi connectivity index (χ4n) is 3.96. The third kappa shape index (κ3) is 5.81. The molecule has 1 heterocycles. The highest BCUT2D eigenvalue weighted by atomic mass is 19.1. The molecule has 0 amide bonds. The Morgan fingerprint density at radius 3 is 2.14 bits per heavy atom. The van der Waals surface area contributed by atoms with Gasteiger partial charge in [0.2, 0.25) is 0 Å². The lowest BCUT2D eigenvalue weighted by Crippen LogP contribution is -2.26. The van der Waals surface area contributed by atoms with Crippen molar-refractivity contribution in [1.82, 2.24) is 9.78 Å². The van der Waals surface area contributed by atoms with Gasteiger partial charge < -0.3 is 10.1 Å². The molecule has 0 fully saturated rings. The van der Waals surface area contributed by atoms with Crippen LogP contribution >= 0.6 is 0 Å². The number of ether oxygens (including phenoxy) is 1. The van der Waals surface area contributed by atoms with Gasteiger partial charge in [-0.25, -0.2) is 9.18 Å². The first-order chi connectivity index (χ1) is 17.1. The van der Waals surface area contributed by atoms with Gasteiger partial charge in [0, 0.05) is 18.5 Å². The summed E-state index contributed by atoms with van der Waals surface area (Å²) in [5.41, 5.74) is 2.54. The smallest absolute Gasteiger partial charge is 0.360 e. The molecular weight excluding hydrogens is 445 g/mol. The maximum Gasteiger partial charge on any atom is 0.360 e. The van der Waals surface area contributed by atoms with Crippen LogP contribution < -0.4 is 10.9 Å². The minimum absolute atomic E-state index is 0.00764. The molecule has 4 rings (SSSR count). The number of nitrogens with one attached hydrogen (secondary N) is 1. The van der Waals surface area contributed by atoms with Gasteiger partial charge in [-0.3, -0.25) is 4.79 Å². The molecule has 0 atom stereocenters. The molecule has 0 saturated carbocycles. The summed E-state index contributed by atoms with van der Waals surface area (Å²) < 4.78 is 19.6. The molecule has 7 heteroatoms. The molecule has 0 bridgehead atoms. The summed E-state index contributed by atoms with van der Waals surface area (Å²) in [7, 11) is 0. The largest absolute Gasteiger partial charge is 0.461 e. The molecule has 3 aromatic carbocycles. The molecule has 0 saturated heterocycles. The average Bonchev–Trinajstić information content (AvgIpc) is 2.88. The summed E-state index contributed by atoms with van der Waals surface area (Å²) in [6, 6.07) is 27.0. The molecule has 35 heavy (non-hydrogen) atoms. The van der Waals surface area contributed by atoms with Crippen LogP contribution in [0.3, 0.4) is 0 Å². The average molecular weight is 472 g/mol. The first-order valence-electron chi connectivity index (χ1n) is 11.5. The molecule has 1 aromatic heterocycles. The topological polar surface area (TPSA) is 73.2 Å². The van der Waals surface area contributed by atoms with Crippen LogP contribution in [0.2, 0.25) is 0 Å². The number of nitrogens with zero attached hydrogens (tertiary/aromatic N) is 2. The maximum absolute atomic E-state index is 13.3. The predicted octanol–water partition coefficient (Wildman–Crippen LogP) is 5.18. The van der Waals surface area contributed by atoms with E-state index in [1.807, 2.05) is 36.4 Å². The molecule has 0 radical (unpaired) electrons. The fraction of sp³-hybridized carbons (Fsp3) is 0.179. The second-order valence-corrected chi connectivity index (χ2v) is 7.94. The van der Waals surface area contributed by atoms with E-state index in [1.54, 1.807) is 6.92 Å². The summed E-state index contributed by atoms with van der Waals surface area (Å²) in [4.78, 5) is 25.5. The van der Waals surface area contributed by atoms with E-state index in [0.717, 1.165) is 11.1 Å². The number of hydrogen-bond donors (Lipinski definition) is 1. The van der Waals surface area contributed by atoms with Gasteiger partial charge in [-0.15, -0.1) is 0 Å². The number of carbonyl (C=O) groups excluding carboxylic acids is 1. The minimum Gasteiger partial charge on any atom is -0.461 e. The Morgan fingerprint density at radius 2 is 1.57 bits per heavy atom. The number of hydrogen-bond acceptors (Lipinski definition) is 5. The van der Waals surface area contributed by atoms with Gasteiger partial charge in [-0.05, 0) is 48.7 Å². The van der Waals surface area contributed by atoms with Crippen LogP contribution in [0.15, 0.2) is 95.8 Å². The van der Waals surface area contributed by atoms with Crippen molar-refractivity contribution in [2.24, 2.45) is 0 Å². The molecule has 1 N–H and O–H groups in total. The highest BCUT2D eigenvalue weighted by Gasteiger charge is 2.20. The van der Waals surface area contributed by atoms with Gasteiger partial charge in [0.25, 0.3) is 5.56 Å². The lowest BCUT2D eigenvalue weighted by Gasteiger charge is -2.19. The molecule has 0 aliphatic heterocycles. The molecule has 178 valence electrons. The maximum atomic E-state index is 13.3. The van der Waals surface area contributed by atoms with Crippen LogP contribution in [0, 0.1) is 5.82 Å². The second kappa shape index (κ2) is 11.2. The van der Waals surface area contributed by atoms with Crippen LogP contribution in [0.4, 0.5) is 10.1 Å². The summed E-state index contributed by atoms with van der Waals surface area (Å²) in [5.74, 6) is -0.950. The predicted molar refractivity (Wildman–Crippen MR) is 134 cm³/mol. The van der Waals surface area contributed by atoms with Gasteiger partial charge in [0.1, 0.15) is 5.82 Å². The van der Waals surface area contributed by atoms with Crippen molar-refractivity contribution in [3.63, 3.8) is 0 Å². The number of benzene rings is 3. The standard InChI is InChI=1S/C28H26FN3O3/c1-2-35-28(34)27-25(19-26(33)32(31-27)23-15-13-22(29)14-16-23)30-18-17-24(20-9-5-3-6-10-20)21-11-7-4-8-12-21/h3-16,19,24,30H,2,17-18H2,1H3. The van der Waals surface area contributed by atoms with Gasteiger partial charge in [0.05, 0.1) is 18.0 Å². The fourth-order valence-corrected chi connectivity index (χ4v) is 3.96. The van der Waals surface area contributed by atoms with E-state index < -0.39 is 17.3 Å². The second-order valence-electron chi connectivity index (χ2n) is 7.94. The van der Waals surface area contributed by atoms with E-state index in [2.05, 4.69) is 34.7 Å². The first kappa shape index (κ1) is 23.9. The van der Waals surface area contributed by atoms with Crippen molar-refractivity contribution in [1.29, 1.82) is 0 Å². The van der Waals surface area contributed by atoms with E-state index in [4.69, 9.17) is 4.74 Å². The zero-order valence-corrected chi connectivity index (χ0v) is 19.4. The Kier molecular flexibility index (Phi) is 7.67. The normalized spacial score (nSPS) is 10.8. The van der Waals surface area contributed by atoms with E-state index in [0.29, 0.717) is 17.9 Å². The third-order valence-electron chi connectivity index (χ3n) is 5.62. The number of carbonyl (C=O) groups is 1. The van der Waals surface area contributed by atoms with Crippen molar-refractivity contribution in [3.8, 4) is 5.69 Å². The molecule has 4 aromatic rings. The van der Waals surface area contributed by atoms with E-state index in [-0.39, 0.29) is 18.2 Å². The van der Waals surface area contributed by atoms with Crippen LogP contribution in [0.25, 0.3) is 5.69 Å². The first-order valence-corrected chi connectivity index (χ1v) is 11.5. The number of aromatic nitrogens is 2. The molecule has 6 nitrogen and oxygen atoms in total. The summed E-state index contributed by atoms with van der Waals surface area (Å²) in [6.45, 7) is 2.35. The van der Waals surface area contributed by atoms with Crippen molar-refractivity contribution in [2.75, 3.05) is 18.5 Å². The van der Waals surface area contributed by atoms with Crippen molar-refractivity contribution >= 4 is 11.7 Å². The molecule has 0 aliphatic rings. The zero-order valence-electron chi connectivity index (χ0n) is 19.4. The number of esters is 1. The van der Waals surface area contributed by atoms with Gasteiger partial charge in [-0.2, -0.15) is 9.78 Å². The van der Waals surface area contributed by atoms with Gasteiger partial charge >= 0.3 is 5.97 Å². The quantitative estimate of drug-likeness (QED) is 0.341. The Morgan fingerprint density at radius 1 is 0.971 bits per heavy atom. The Labute approximate surface area is 203 Å². The van der Waals surface area contributed by atoms with Crippen LogP contribution in [0.5, 0.6) is 0 Å². The lowest BCUT2D eigenvalue weighted by molar-refractivity contribution is 0.0518. The molecule has 0 spiro atoms. The van der Waals surface area contributed by atoms with E-state index in [1.165, 1.54) is 41.5 Å². The Bertz CT molecular complexity index is 1280. The van der Waals surface area contributed by atoms with E-state index >= 15 is 0 Å². The van der Waals surface area contributed by atoms with Crippen LogP contribution in [-0.2, 0) is 4.74 Å². The summed E-state index contributed by atoms with van der Waals surface area (Å²) >= 11 is 0. The highest BCUT2D eigenvalue weighted by molar-refractivity contribution is 5.93. The summed E-state index contributed by atoms with van der Waals surface area (Å²) in [5, 5.41) is 7.46. The molecule has 0 unspecified atom stereocenters. The minimum atomic E-state index is -0.645. The Hall–Kier alpha value is -4.26. The SMILES string of the molecule is CCOC(=O)c1nn(-c2ccc(F)cc2)c(=O)cc1NCCC(c1ccccc1)c1ccccc1. The van der Waals surface area contributed by atoms with Crippen LogP contribution in [-0.4, -0.2) is 28.9 Å². The molecular formula is C28H26FN3O3. The monoisotopic (exact) mass is 471 g/mol. The third-order valence-corrected chi connectivity index (χ3v) is 5.62. The highest BCUT2D eigenvalue weighted by Crippen LogP contribution is 2.28. The van der Waals surface area contributed by atoms with Gasteiger partial charge in [-0.1, -0.05) is 60.7 Å². The van der Waals surface area contributed by atoms with E-state index in [9.17, 15) is 14.0 Å². The Balaban J connectivity index is 1.61. The number of halogens is 1. The number of anilines is 1. The van der Waals surface area contributed by atoms with Crippen LogP contribution in [0.1, 0.15) is 40.9 Å². The molecule has 0 aliphatic carbocycles. The summed E-state index contributed by atoms with van der Waals surface area (Å²) in [6.07, 6.45) is 0.720. The van der Waals surface area contributed by atoms with Crippen molar-refractivity contribution in [2.45, 2.75) is 19.3 Å². The number of rotatable bonds is 9.